The summed E-state index contributed by atoms with van der Waals surface area (Å²) >= 11 is 12.3. The molecule has 1 aliphatic heterocycles. The number of nitrogens with one attached hydrogen (secondary N) is 1. The fraction of sp³-hybridized carbons (Fsp3) is 0.179. The molecule has 0 radical (unpaired) electrons. The Bertz CT molecular complexity index is 2060. The lowest BCUT2D eigenvalue weighted by Gasteiger charge is -2.17. The highest BCUT2D eigenvalue weighted by Gasteiger charge is 2.54. The Labute approximate surface area is 235 Å². The third kappa shape index (κ3) is 3.49. The van der Waals surface area contributed by atoms with Crippen molar-refractivity contribution in [2.24, 2.45) is 5.92 Å². The van der Waals surface area contributed by atoms with Gasteiger partial charge < -0.3 is 14.1 Å². The van der Waals surface area contributed by atoms with Gasteiger partial charge in [0.15, 0.2) is 10.7 Å². The van der Waals surface area contributed by atoms with Crippen molar-refractivity contribution in [3.05, 3.63) is 98.4 Å². The molecule has 3 unspecified atom stereocenters. The van der Waals surface area contributed by atoms with Crippen molar-refractivity contribution < 1.29 is 8.91 Å². The average molecular weight is 574 g/mol. The van der Waals surface area contributed by atoms with Crippen LogP contribution < -0.4 is 5.56 Å². The molecule has 9 nitrogen and oxygen atoms in total. The van der Waals surface area contributed by atoms with Crippen molar-refractivity contribution in [1.82, 2.24) is 34.7 Å². The van der Waals surface area contributed by atoms with Crippen LogP contribution in [0.4, 0.5) is 4.39 Å². The van der Waals surface area contributed by atoms with Gasteiger partial charge in [0.05, 0.1) is 23.6 Å². The van der Waals surface area contributed by atoms with Gasteiger partial charge >= 0.3 is 0 Å². The first kappa shape index (κ1) is 23.6. The van der Waals surface area contributed by atoms with Gasteiger partial charge in [-0.2, -0.15) is 4.39 Å². The predicted molar refractivity (Wildman–Crippen MR) is 146 cm³/mol. The first-order valence-electron chi connectivity index (χ1n) is 12.6. The Morgan fingerprint density at radius 3 is 2.80 bits per heavy atom. The Hall–Kier alpha value is -4.28. The molecule has 40 heavy (non-hydrogen) atoms. The van der Waals surface area contributed by atoms with Crippen molar-refractivity contribution in [1.29, 1.82) is 0 Å². The van der Waals surface area contributed by atoms with Gasteiger partial charge in [0.25, 0.3) is 5.56 Å². The summed E-state index contributed by atoms with van der Waals surface area (Å²) in [6, 6.07) is 13.9. The molecule has 0 amide bonds. The van der Waals surface area contributed by atoms with E-state index < -0.39 is 12.0 Å². The topological polar surface area (TPSA) is 107 Å². The largest absolute Gasteiger partial charge is 0.356 e. The summed E-state index contributed by atoms with van der Waals surface area (Å²) in [6.07, 6.45) is 2.47. The maximum Gasteiger partial charge on any atom is 0.252 e. The molecule has 3 atom stereocenters. The smallest absolute Gasteiger partial charge is 0.252 e. The average Bonchev–Trinajstić information content (AvgIpc) is 3.21. The fourth-order valence-corrected chi connectivity index (χ4v) is 6.27. The van der Waals surface area contributed by atoms with Crippen LogP contribution in [0.2, 0.25) is 10.2 Å². The SMILES string of the molecule is Cc1noc2cc(-c3nc(C4C5CC5c5cc(-c6cc(Cl)ccc6-n6cc(Cl)nn6)cc(=O)n54)[nH]c3F)ccc12. The number of aryl methyl sites for hydroxylation is 1. The predicted octanol–water partition coefficient (Wildman–Crippen LogP) is 6.09. The molecule has 12 heteroatoms. The maximum atomic E-state index is 15.2. The van der Waals surface area contributed by atoms with Crippen LogP contribution in [-0.4, -0.2) is 34.7 Å². The minimum absolute atomic E-state index is 0.147. The summed E-state index contributed by atoms with van der Waals surface area (Å²) in [6.45, 7) is 1.85. The second-order valence-corrected chi connectivity index (χ2v) is 11.1. The van der Waals surface area contributed by atoms with E-state index in [1.165, 1.54) is 0 Å². The van der Waals surface area contributed by atoms with Gasteiger partial charge in [-0.3, -0.25) is 4.79 Å². The lowest BCUT2D eigenvalue weighted by Crippen LogP contribution is -2.26. The summed E-state index contributed by atoms with van der Waals surface area (Å²) in [4.78, 5) is 21.1. The molecule has 8 rings (SSSR count). The second kappa shape index (κ2) is 8.36. The van der Waals surface area contributed by atoms with Crippen LogP contribution in [-0.2, 0) is 0 Å². The lowest BCUT2D eigenvalue weighted by molar-refractivity contribution is 0.450. The molecule has 2 aromatic carbocycles. The van der Waals surface area contributed by atoms with Crippen LogP contribution in [0.3, 0.4) is 0 Å². The van der Waals surface area contributed by atoms with Crippen molar-refractivity contribution in [2.45, 2.75) is 25.3 Å². The summed E-state index contributed by atoms with van der Waals surface area (Å²) in [5, 5.41) is 13.5. The highest BCUT2D eigenvalue weighted by molar-refractivity contribution is 6.31. The van der Waals surface area contributed by atoms with Gasteiger partial charge in [-0.15, -0.1) is 5.10 Å². The Morgan fingerprint density at radius 1 is 1.10 bits per heavy atom. The third-order valence-corrected chi connectivity index (χ3v) is 8.28. The van der Waals surface area contributed by atoms with E-state index in [0.29, 0.717) is 33.2 Å². The number of aromatic nitrogens is 7. The molecule has 0 bridgehead atoms. The van der Waals surface area contributed by atoms with Crippen LogP contribution in [0.5, 0.6) is 0 Å². The molecule has 1 fully saturated rings. The molecule has 1 N–H and O–H groups in total. The van der Waals surface area contributed by atoms with Crippen molar-refractivity contribution in [2.75, 3.05) is 0 Å². The fourth-order valence-electron chi connectivity index (χ4n) is 5.97. The van der Waals surface area contributed by atoms with Crippen LogP contribution in [0, 0.1) is 18.8 Å². The Balaban J connectivity index is 1.21. The minimum Gasteiger partial charge on any atom is -0.356 e. The molecule has 5 heterocycles. The number of imidazole rings is 1. The van der Waals surface area contributed by atoms with Gasteiger partial charge in [-0.1, -0.05) is 39.6 Å². The number of H-pyrrole nitrogens is 1. The second-order valence-electron chi connectivity index (χ2n) is 10.2. The molecule has 2 aliphatic rings. The van der Waals surface area contributed by atoms with Gasteiger partial charge in [0.1, 0.15) is 11.5 Å². The number of benzene rings is 2. The quantitative estimate of drug-likeness (QED) is 0.273. The van der Waals surface area contributed by atoms with E-state index in [0.717, 1.165) is 28.8 Å². The van der Waals surface area contributed by atoms with Crippen LogP contribution in [0.25, 0.3) is 39.0 Å². The summed E-state index contributed by atoms with van der Waals surface area (Å²) in [7, 11) is 0. The van der Waals surface area contributed by atoms with Crippen LogP contribution in [0.15, 0.2) is 64.0 Å². The lowest BCUT2D eigenvalue weighted by atomic mass is 10.0. The van der Waals surface area contributed by atoms with Crippen LogP contribution in [0.1, 0.15) is 35.6 Å². The molecule has 1 saturated carbocycles. The highest BCUT2D eigenvalue weighted by atomic mass is 35.5. The molecular weight excluding hydrogens is 556 g/mol. The van der Waals surface area contributed by atoms with Crippen molar-refractivity contribution in [3.63, 3.8) is 0 Å². The normalized spacial score (nSPS) is 19.2. The van der Waals surface area contributed by atoms with E-state index in [4.69, 9.17) is 27.7 Å². The van der Waals surface area contributed by atoms with Crippen molar-refractivity contribution in [3.8, 4) is 28.1 Å². The number of rotatable bonds is 4. The summed E-state index contributed by atoms with van der Waals surface area (Å²) in [5.74, 6) is 0.180. The number of fused-ring (bicyclic) bond motifs is 4. The first-order chi connectivity index (χ1) is 19.4. The molecule has 0 spiro atoms. The first-order valence-corrected chi connectivity index (χ1v) is 13.4. The number of aromatic amines is 1. The van der Waals surface area contributed by atoms with Crippen molar-refractivity contribution >= 4 is 34.2 Å². The molecular formula is C28H18Cl2FN7O2. The van der Waals surface area contributed by atoms with E-state index in [1.807, 2.05) is 19.1 Å². The van der Waals surface area contributed by atoms with Gasteiger partial charge in [-0.05, 0) is 61.2 Å². The molecule has 4 aromatic heterocycles. The van der Waals surface area contributed by atoms with E-state index in [1.54, 1.807) is 51.8 Å². The Kier molecular flexibility index (Phi) is 4.93. The molecule has 6 aromatic rings. The van der Waals surface area contributed by atoms with E-state index in [9.17, 15) is 4.79 Å². The standard InChI is InChI=1S/C28H18Cl2FN7O2/c1-12-16-4-2-13(7-22(16)40-35-12)25-27(31)33-28(32-25)26-19-10-18(19)21-6-14(8-24(39)38(21)26)17-9-15(29)3-5-20(17)37-11-23(30)34-36-37/h2-9,11,18-19,26H,10H2,1H3,(H,32,33). The Morgan fingerprint density at radius 2 is 1.98 bits per heavy atom. The van der Waals surface area contributed by atoms with E-state index in [2.05, 4.69) is 25.4 Å². The minimum atomic E-state index is -0.559. The summed E-state index contributed by atoms with van der Waals surface area (Å²) < 4.78 is 23.8. The molecule has 198 valence electrons. The number of halogens is 3. The molecule has 0 saturated heterocycles. The number of hydrogen-bond donors (Lipinski definition) is 1. The number of hydrogen-bond acceptors (Lipinski definition) is 6. The maximum absolute atomic E-state index is 15.2. The van der Waals surface area contributed by atoms with Gasteiger partial charge in [-0.25, -0.2) is 9.67 Å². The molecule has 1 aliphatic carbocycles. The zero-order valence-corrected chi connectivity index (χ0v) is 22.3. The zero-order valence-electron chi connectivity index (χ0n) is 20.8. The van der Waals surface area contributed by atoms with Gasteiger partial charge in [0, 0.05) is 39.2 Å². The zero-order chi connectivity index (χ0) is 27.3. The van der Waals surface area contributed by atoms with E-state index in [-0.39, 0.29) is 28.2 Å². The summed E-state index contributed by atoms with van der Waals surface area (Å²) in [5.41, 5.74) is 4.86. The highest BCUT2D eigenvalue weighted by Crippen LogP contribution is 2.60. The number of nitrogens with zero attached hydrogens (tertiary/aromatic N) is 6. The third-order valence-electron chi connectivity index (χ3n) is 7.87. The monoisotopic (exact) mass is 573 g/mol. The van der Waals surface area contributed by atoms with Gasteiger partial charge in [0.2, 0.25) is 5.95 Å². The van der Waals surface area contributed by atoms with E-state index >= 15 is 4.39 Å². The number of pyridine rings is 1. The van der Waals surface area contributed by atoms with Crippen LogP contribution >= 0.6 is 23.2 Å².